The van der Waals surface area contributed by atoms with E-state index in [2.05, 4.69) is 0 Å². The number of phenols is 1. The molecular weight excluding hydrogens is 322 g/mol. The number of benzene rings is 2. The highest BCUT2D eigenvalue weighted by Crippen LogP contribution is 2.47. The number of Topliss-reactive ketones (excluding diaryl/α,β-unsaturated/α-hetero) is 1. The van der Waals surface area contributed by atoms with Gasteiger partial charge >= 0.3 is 0 Å². The largest absolute Gasteiger partial charge is 0.504 e. The van der Waals surface area contributed by atoms with Crippen LogP contribution in [0.3, 0.4) is 0 Å². The highest BCUT2D eigenvalue weighted by molar-refractivity contribution is 6.30. The molecule has 1 heterocycles. The molecule has 1 aliphatic carbocycles. The molecule has 0 saturated carbocycles. The molecule has 0 unspecified atom stereocenters. The molecule has 25 heavy (non-hydrogen) atoms. The highest BCUT2D eigenvalue weighted by Gasteiger charge is 2.34. The number of likely N-dealkylation sites (N-methyl/N-ethyl adjacent to an activating group) is 1. The number of carbonyl (C=O) groups is 2. The summed E-state index contributed by atoms with van der Waals surface area (Å²) in [6.45, 7) is 0.758. The van der Waals surface area contributed by atoms with E-state index >= 15 is 0 Å². The first-order chi connectivity index (χ1) is 12.0. The maximum Gasteiger partial charge on any atom is 0.229 e. The van der Waals surface area contributed by atoms with Crippen LogP contribution in [0.4, 0.5) is 5.69 Å². The Labute approximate surface area is 144 Å². The van der Waals surface area contributed by atoms with Crippen LogP contribution in [0.1, 0.15) is 26.3 Å². The molecule has 0 fully saturated rings. The standard InChI is InChI=1S/C19H17NO5/c1-20-5-4-9-6-13(22)19(25-3)17-15(9)11(20)7-10-12(21)8-14(24-2)18(23)16(10)17/h6-8,22H,4-5H2,1-3H3. The first-order valence-corrected chi connectivity index (χ1v) is 7.93. The summed E-state index contributed by atoms with van der Waals surface area (Å²) in [5.41, 5.74) is 2.31. The number of fused-ring (bicyclic) bond motifs is 2. The lowest BCUT2D eigenvalue weighted by Gasteiger charge is -2.31. The smallest absolute Gasteiger partial charge is 0.229 e. The topological polar surface area (TPSA) is 76.1 Å². The van der Waals surface area contributed by atoms with Crippen molar-refractivity contribution in [2.45, 2.75) is 6.42 Å². The van der Waals surface area contributed by atoms with Crippen LogP contribution in [0, 0.1) is 0 Å². The molecule has 2 aromatic rings. The van der Waals surface area contributed by atoms with Gasteiger partial charge in [0.05, 0.1) is 14.2 Å². The average molecular weight is 339 g/mol. The van der Waals surface area contributed by atoms with Crippen LogP contribution in [0.5, 0.6) is 11.5 Å². The second kappa shape index (κ2) is 5.24. The van der Waals surface area contributed by atoms with E-state index in [0.717, 1.165) is 29.6 Å². The number of rotatable bonds is 2. The van der Waals surface area contributed by atoms with E-state index < -0.39 is 0 Å². The Kier molecular flexibility index (Phi) is 3.25. The number of hydrogen-bond donors (Lipinski definition) is 1. The van der Waals surface area contributed by atoms with Crippen molar-refractivity contribution in [1.82, 2.24) is 0 Å². The minimum absolute atomic E-state index is 0.0103. The number of methoxy groups -OCH3 is 2. The number of anilines is 1. The van der Waals surface area contributed by atoms with Gasteiger partial charge in [0, 0.05) is 47.3 Å². The fraction of sp³-hybridized carbons (Fsp3) is 0.263. The third-order valence-corrected chi connectivity index (χ3v) is 4.93. The van der Waals surface area contributed by atoms with Crippen LogP contribution >= 0.6 is 0 Å². The summed E-state index contributed by atoms with van der Waals surface area (Å²) in [4.78, 5) is 27.5. The van der Waals surface area contributed by atoms with Gasteiger partial charge in [0.1, 0.15) is 0 Å². The molecular formula is C19H17NO5. The molecule has 0 amide bonds. The van der Waals surface area contributed by atoms with Gasteiger partial charge in [0.2, 0.25) is 5.78 Å². The second-order valence-corrected chi connectivity index (χ2v) is 6.23. The number of hydrogen-bond acceptors (Lipinski definition) is 6. The molecule has 6 heteroatoms. The summed E-state index contributed by atoms with van der Waals surface area (Å²) in [6, 6.07) is 3.42. The van der Waals surface area contributed by atoms with Gasteiger partial charge in [-0.2, -0.15) is 0 Å². The Bertz CT molecular complexity index is 989. The van der Waals surface area contributed by atoms with Crippen LogP contribution in [-0.4, -0.2) is 44.5 Å². The summed E-state index contributed by atoms with van der Waals surface area (Å²) in [5, 5.41) is 11.7. The molecule has 128 valence electrons. The van der Waals surface area contributed by atoms with Gasteiger partial charge in [-0.05, 0) is 24.1 Å². The fourth-order valence-corrected chi connectivity index (χ4v) is 3.73. The predicted molar refractivity (Wildman–Crippen MR) is 92.9 cm³/mol. The van der Waals surface area contributed by atoms with Crippen molar-refractivity contribution in [3.05, 3.63) is 40.7 Å². The van der Waals surface area contributed by atoms with Crippen LogP contribution in [0.25, 0.3) is 10.8 Å². The summed E-state index contributed by atoms with van der Waals surface area (Å²) in [7, 11) is 4.73. The Morgan fingerprint density at radius 2 is 1.88 bits per heavy atom. The molecule has 0 aromatic heterocycles. The Balaban J connectivity index is 2.23. The summed E-state index contributed by atoms with van der Waals surface area (Å²) in [5.74, 6) is -0.528. The summed E-state index contributed by atoms with van der Waals surface area (Å²) >= 11 is 0. The predicted octanol–water partition coefficient (Wildman–Crippen LogP) is 2.46. The molecule has 2 aromatic carbocycles. The van der Waals surface area contributed by atoms with Gasteiger partial charge in [-0.3, -0.25) is 9.59 Å². The maximum absolute atomic E-state index is 12.9. The molecule has 0 radical (unpaired) electrons. The van der Waals surface area contributed by atoms with Crippen LogP contribution < -0.4 is 9.64 Å². The molecule has 4 rings (SSSR count). The number of carbonyl (C=O) groups excluding carboxylic acids is 2. The minimum Gasteiger partial charge on any atom is -0.504 e. The number of nitrogens with zero attached hydrogens (tertiary/aromatic N) is 1. The first-order valence-electron chi connectivity index (χ1n) is 7.93. The molecule has 6 nitrogen and oxygen atoms in total. The quantitative estimate of drug-likeness (QED) is 0.906. The van der Waals surface area contributed by atoms with Crippen molar-refractivity contribution < 1.29 is 24.2 Å². The fourth-order valence-electron chi connectivity index (χ4n) is 3.73. The van der Waals surface area contributed by atoms with Gasteiger partial charge in [-0.15, -0.1) is 0 Å². The van der Waals surface area contributed by atoms with Gasteiger partial charge in [-0.25, -0.2) is 0 Å². The summed E-state index contributed by atoms with van der Waals surface area (Å²) < 4.78 is 10.5. The third kappa shape index (κ3) is 1.97. The van der Waals surface area contributed by atoms with Gasteiger partial charge in [0.15, 0.2) is 23.0 Å². The van der Waals surface area contributed by atoms with E-state index in [1.165, 1.54) is 20.3 Å². The molecule has 0 spiro atoms. The lowest BCUT2D eigenvalue weighted by molar-refractivity contribution is 0.0918. The van der Waals surface area contributed by atoms with Crippen molar-refractivity contribution in [2.24, 2.45) is 0 Å². The van der Waals surface area contributed by atoms with Crippen LogP contribution in [0.15, 0.2) is 24.0 Å². The Hall–Kier alpha value is -3.02. The second-order valence-electron chi connectivity index (χ2n) is 6.23. The lowest BCUT2D eigenvalue weighted by atomic mass is 9.84. The van der Waals surface area contributed by atoms with Crippen LogP contribution in [0.2, 0.25) is 0 Å². The van der Waals surface area contributed by atoms with Gasteiger partial charge in [-0.1, -0.05) is 0 Å². The zero-order chi connectivity index (χ0) is 17.9. The van der Waals surface area contributed by atoms with Crippen molar-refractivity contribution in [3.63, 3.8) is 0 Å². The van der Waals surface area contributed by atoms with E-state index in [-0.39, 0.29) is 34.4 Å². The first kappa shape index (κ1) is 15.5. The van der Waals surface area contributed by atoms with E-state index in [9.17, 15) is 14.7 Å². The number of phenolic OH excluding ortho intramolecular Hbond substituents is 1. The number of allylic oxidation sites excluding steroid dienone is 2. The molecule has 1 N–H and O–H groups in total. The van der Waals surface area contributed by atoms with Crippen molar-refractivity contribution >= 4 is 28.0 Å². The highest BCUT2D eigenvalue weighted by atomic mass is 16.5. The van der Waals surface area contributed by atoms with Crippen LogP contribution in [-0.2, 0) is 11.2 Å². The van der Waals surface area contributed by atoms with E-state index in [1.54, 1.807) is 12.1 Å². The molecule has 0 saturated heterocycles. The third-order valence-electron chi connectivity index (χ3n) is 4.93. The van der Waals surface area contributed by atoms with E-state index in [4.69, 9.17) is 9.47 Å². The number of ketones is 2. The molecule has 0 bridgehead atoms. The monoisotopic (exact) mass is 339 g/mol. The van der Waals surface area contributed by atoms with Crippen molar-refractivity contribution in [2.75, 3.05) is 32.7 Å². The SMILES string of the molecule is COC1=CC(=O)c2cc3c4c(cc(O)c(OC)c4c2C1=O)CCN3C. The molecule has 0 atom stereocenters. The van der Waals surface area contributed by atoms with Crippen molar-refractivity contribution in [1.29, 1.82) is 0 Å². The normalized spacial score (nSPS) is 16.0. The zero-order valence-corrected chi connectivity index (χ0v) is 14.2. The summed E-state index contributed by atoms with van der Waals surface area (Å²) in [6.07, 6.45) is 1.94. The Morgan fingerprint density at radius 3 is 2.56 bits per heavy atom. The molecule has 2 aliphatic rings. The average Bonchev–Trinajstić information content (AvgIpc) is 2.60. The van der Waals surface area contributed by atoms with Crippen molar-refractivity contribution in [3.8, 4) is 11.5 Å². The van der Waals surface area contributed by atoms with Gasteiger partial charge < -0.3 is 19.5 Å². The van der Waals surface area contributed by atoms with E-state index in [0.29, 0.717) is 10.9 Å². The number of aromatic hydroxyl groups is 1. The zero-order valence-electron chi connectivity index (χ0n) is 14.2. The maximum atomic E-state index is 12.9. The van der Waals surface area contributed by atoms with Gasteiger partial charge in [0.25, 0.3) is 0 Å². The lowest BCUT2D eigenvalue weighted by Crippen LogP contribution is -2.27. The molecule has 1 aliphatic heterocycles. The number of ether oxygens (including phenoxy) is 2. The Morgan fingerprint density at radius 1 is 1.12 bits per heavy atom. The minimum atomic E-state index is -0.383. The van der Waals surface area contributed by atoms with E-state index in [1.807, 2.05) is 11.9 Å².